The van der Waals surface area contributed by atoms with E-state index in [2.05, 4.69) is 10.3 Å². The minimum absolute atomic E-state index is 0.0600. The van der Waals surface area contributed by atoms with Gasteiger partial charge in [0.2, 0.25) is 0 Å². The zero-order chi connectivity index (χ0) is 14.4. The van der Waals surface area contributed by atoms with Gasteiger partial charge in [0.25, 0.3) is 5.91 Å². The lowest BCUT2D eigenvalue weighted by Crippen LogP contribution is -2.36. The van der Waals surface area contributed by atoms with Gasteiger partial charge in [0.15, 0.2) is 0 Å². The number of carboxylic acid groups (broad SMARTS) is 1. The van der Waals surface area contributed by atoms with Crippen LogP contribution in [0.2, 0.25) is 0 Å². The van der Waals surface area contributed by atoms with Crippen molar-refractivity contribution in [1.82, 2.24) is 10.3 Å². The first-order valence-electron chi connectivity index (χ1n) is 5.96. The molecule has 0 fully saturated rings. The second-order valence-electron chi connectivity index (χ2n) is 4.47. The van der Waals surface area contributed by atoms with Crippen LogP contribution in [0, 0.1) is 5.92 Å². The molecular weight excluding hydrogens is 248 g/mol. The number of carbonyl (C=O) groups excluding carboxylic acids is 1. The van der Waals surface area contributed by atoms with E-state index in [4.69, 9.17) is 9.84 Å². The molecule has 0 aliphatic rings. The number of nitrogens with zero attached hydrogens (tertiary/aromatic N) is 1. The first-order valence-corrected chi connectivity index (χ1v) is 5.96. The minimum Gasteiger partial charge on any atom is -0.477 e. The Bertz CT molecular complexity index is 442. The van der Waals surface area contributed by atoms with E-state index in [0.29, 0.717) is 12.1 Å². The molecule has 0 radical (unpaired) electrons. The number of hydrogen-bond donors (Lipinski definition) is 2. The second kappa shape index (κ2) is 6.84. The average molecular weight is 266 g/mol. The van der Waals surface area contributed by atoms with Crippen LogP contribution in [0.3, 0.4) is 0 Å². The molecule has 1 atom stereocenters. The van der Waals surface area contributed by atoms with E-state index in [9.17, 15) is 9.59 Å². The number of methoxy groups -OCH3 is 1. The number of pyridine rings is 1. The van der Waals surface area contributed by atoms with E-state index in [1.807, 2.05) is 13.8 Å². The largest absolute Gasteiger partial charge is 0.477 e. The smallest absolute Gasteiger partial charge is 0.354 e. The number of amides is 1. The Morgan fingerprint density at radius 2 is 2.11 bits per heavy atom. The molecule has 1 heterocycles. The highest BCUT2D eigenvalue weighted by atomic mass is 16.5. The lowest BCUT2D eigenvalue weighted by molar-refractivity contribution is 0.0604. The number of aromatic nitrogens is 1. The van der Waals surface area contributed by atoms with E-state index in [0.717, 1.165) is 0 Å². The monoisotopic (exact) mass is 266 g/mol. The quantitative estimate of drug-likeness (QED) is 0.807. The van der Waals surface area contributed by atoms with Gasteiger partial charge in [-0.3, -0.25) is 4.79 Å². The fourth-order valence-corrected chi connectivity index (χ4v) is 1.54. The predicted molar refractivity (Wildman–Crippen MR) is 69.2 cm³/mol. The molecule has 0 spiro atoms. The molecule has 0 saturated carbocycles. The van der Waals surface area contributed by atoms with Crippen molar-refractivity contribution in [3.05, 3.63) is 29.6 Å². The van der Waals surface area contributed by atoms with Gasteiger partial charge in [-0.1, -0.05) is 13.8 Å². The molecule has 1 amide bonds. The molecule has 2 N–H and O–H groups in total. The fourth-order valence-electron chi connectivity index (χ4n) is 1.54. The van der Waals surface area contributed by atoms with E-state index >= 15 is 0 Å². The summed E-state index contributed by atoms with van der Waals surface area (Å²) in [5, 5.41) is 11.4. The highest BCUT2D eigenvalue weighted by Crippen LogP contribution is 2.05. The lowest BCUT2D eigenvalue weighted by atomic mass is 10.1. The summed E-state index contributed by atoms with van der Waals surface area (Å²) < 4.78 is 5.24. The molecular formula is C13H18N2O4. The highest BCUT2D eigenvalue weighted by Gasteiger charge is 2.14. The summed E-state index contributed by atoms with van der Waals surface area (Å²) in [6.45, 7) is 4.40. The normalized spacial score (nSPS) is 12.2. The zero-order valence-corrected chi connectivity index (χ0v) is 11.2. The van der Waals surface area contributed by atoms with Gasteiger partial charge in [0.1, 0.15) is 5.69 Å². The Morgan fingerprint density at radius 3 is 2.53 bits per heavy atom. The van der Waals surface area contributed by atoms with Gasteiger partial charge in [-0.2, -0.15) is 0 Å². The second-order valence-corrected chi connectivity index (χ2v) is 4.47. The zero-order valence-electron chi connectivity index (χ0n) is 11.2. The van der Waals surface area contributed by atoms with Gasteiger partial charge in [0, 0.05) is 19.9 Å². The molecule has 19 heavy (non-hydrogen) atoms. The van der Waals surface area contributed by atoms with Gasteiger partial charge >= 0.3 is 5.97 Å². The minimum atomic E-state index is -1.12. The predicted octanol–water partition coefficient (Wildman–Crippen LogP) is 1.18. The van der Waals surface area contributed by atoms with Gasteiger partial charge in [-0.15, -0.1) is 0 Å². The van der Waals surface area contributed by atoms with Crippen molar-refractivity contribution in [2.24, 2.45) is 5.92 Å². The van der Waals surface area contributed by atoms with Gasteiger partial charge in [-0.25, -0.2) is 9.78 Å². The average Bonchev–Trinajstić information content (AvgIpc) is 2.38. The van der Waals surface area contributed by atoms with Crippen LogP contribution in [0.25, 0.3) is 0 Å². The first-order chi connectivity index (χ1) is 8.95. The summed E-state index contributed by atoms with van der Waals surface area (Å²) in [5.41, 5.74) is 0.233. The summed E-state index contributed by atoms with van der Waals surface area (Å²) in [6, 6.07) is 2.73. The van der Waals surface area contributed by atoms with Crippen LogP contribution in [-0.2, 0) is 4.74 Å². The molecule has 1 aromatic rings. The molecule has 1 rings (SSSR count). The summed E-state index contributed by atoms with van der Waals surface area (Å²) in [7, 11) is 1.60. The van der Waals surface area contributed by atoms with Gasteiger partial charge < -0.3 is 15.2 Å². The fraction of sp³-hybridized carbons (Fsp3) is 0.462. The molecule has 0 aliphatic carbocycles. The molecule has 0 aliphatic heterocycles. The third kappa shape index (κ3) is 4.33. The highest BCUT2D eigenvalue weighted by molar-refractivity contribution is 5.94. The van der Waals surface area contributed by atoms with Crippen LogP contribution in [-0.4, -0.2) is 41.7 Å². The molecule has 6 nitrogen and oxygen atoms in total. The van der Waals surface area contributed by atoms with E-state index in [1.165, 1.54) is 18.3 Å². The van der Waals surface area contributed by atoms with Crippen molar-refractivity contribution in [2.75, 3.05) is 13.7 Å². The summed E-state index contributed by atoms with van der Waals surface area (Å²) in [5.74, 6) is -1.13. The van der Waals surface area contributed by atoms with Crippen molar-refractivity contribution in [3.8, 4) is 0 Å². The summed E-state index contributed by atoms with van der Waals surface area (Å²) in [4.78, 5) is 26.1. The SMILES string of the molecule is COC(CNC(=O)c1ccc(C(=O)O)nc1)C(C)C. The number of carboxylic acids is 1. The number of nitrogens with one attached hydrogen (secondary N) is 1. The number of rotatable bonds is 6. The standard InChI is InChI=1S/C13H18N2O4/c1-8(2)11(19-3)7-15-12(16)9-4-5-10(13(17)18)14-6-9/h4-6,8,11H,7H2,1-3H3,(H,15,16)(H,17,18). The Kier molecular flexibility index (Phi) is 5.44. The van der Waals surface area contributed by atoms with E-state index in [-0.39, 0.29) is 23.6 Å². The first kappa shape index (κ1) is 15.1. The van der Waals surface area contributed by atoms with Gasteiger partial charge in [0.05, 0.1) is 11.7 Å². The molecule has 1 aromatic heterocycles. The van der Waals surface area contributed by atoms with Crippen LogP contribution < -0.4 is 5.32 Å². The molecule has 0 bridgehead atoms. The van der Waals surface area contributed by atoms with Crippen LogP contribution in [0.5, 0.6) is 0 Å². The number of hydrogen-bond acceptors (Lipinski definition) is 4. The van der Waals surface area contributed by atoms with E-state index in [1.54, 1.807) is 7.11 Å². The third-order valence-electron chi connectivity index (χ3n) is 2.75. The third-order valence-corrected chi connectivity index (χ3v) is 2.75. The molecule has 0 aromatic carbocycles. The maximum absolute atomic E-state index is 11.8. The van der Waals surface area contributed by atoms with Crippen LogP contribution in [0.15, 0.2) is 18.3 Å². The Hall–Kier alpha value is -1.95. The maximum Gasteiger partial charge on any atom is 0.354 e. The molecule has 104 valence electrons. The van der Waals surface area contributed by atoms with Crippen LogP contribution in [0.4, 0.5) is 0 Å². The number of aromatic carboxylic acids is 1. The molecule has 1 unspecified atom stereocenters. The van der Waals surface area contributed by atoms with Crippen molar-refractivity contribution in [1.29, 1.82) is 0 Å². The van der Waals surface area contributed by atoms with E-state index < -0.39 is 5.97 Å². The topological polar surface area (TPSA) is 88.5 Å². The summed E-state index contributed by atoms with van der Waals surface area (Å²) >= 11 is 0. The lowest BCUT2D eigenvalue weighted by Gasteiger charge is -2.19. The Labute approximate surface area is 111 Å². The Morgan fingerprint density at radius 1 is 1.42 bits per heavy atom. The molecule has 0 saturated heterocycles. The van der Waals surface area contributed by atoms with Gasteiger partial charge in [-0.05, 0) is 18.1 Å². The number of ether oxygens (including phenoxy) is 1. The van der Waals surface area contributed by atoms with Crippen molar-refractivity contribution < 1.29 is 19.4 Å². The molecule has 6 heteroatoms. The Balaban J connectivity index is 2.61. The van der Waals surface area contributed by atoms with Crippen molar-refractivity contribution in [3.63, 3.8) is 0 Å². The summed E-state index contributed by atoms with van der Waals surface area (Å²) in [6.07, 6.45) is 1.19. The maximum atomic E-state index is 11.8. The van der Waals surface area contributed by atoms with Crippen LogP contribution >= 0.6 is 0 Å². The van der Waals surface area contributed by atoms with Crippen molar-refractivity contribution >= 4 is 11.9 Å². The number of carbonyl (C=O) groups is 2. The van der Waals surface area contributed by atoms with Crippen LogP contribution in [0.1, 0.15) is 34.7 Å². The van der Waals surface area contributed by atoms with Crippen molar-refractivity contribution in [2.45, 2.75) is 20.0 Å².